The van der Waals surface area contributed by atoms with Crippen molar-refractivity contribution >= 4 is 11.6 Å². The van der Waals surface area contributed by atoms with E-state index in [2.05, 4.69) is 5.16 Å². The predicted molar refractivity (Wildman–Crippen MR) is 71.0 cm³/mol. The van der Waals surface area contributed by atoms with Gasteiger partial charge < -0.3 is 15.0 Å². The number of methoxy groups -OCH3 is 1. The van der Waals surface area contributed by atoms with Gasteiger partial charge in [0.2, 0.25) is 0 Å². The molecule has 0 radical (unpaired) electrons. The molecule has 0 aliphatic carbocycles. The molecule has 5 heteroatoms. The maximum atomic E-state index is 6.15. The largest absolute Gasteiger partial charge is 0.496 e. The van der Waals surface area contributed by atoms with Gasteiger partial charge in [-0.15, -0.1) is 0 Å². The van der Waals surface area contributed by atoms with Crippen LogP contribution in [0.25, 0.3) is 11.3 Å². The lowest BCUT2D eigenvalue weighted by atomic mass is 10.0. The van der Waals surface area contributed by atoms with Crippen LogP contribution in [-0.4, -0.2) is 18.8 Å². The van der Waals surface area contributed by atoms with Crippen molar-refractivity contribution in [3.63, 3.8) is 0 Å². The lowest BCUT2D eigenvalue weighted by Crippen LogP contribution is -2.03. The molecule has 1 aromatic heterocycles. The molecule has 2 rings (SSSR count). The number of aryl methyl sites for hydroxylation is 1. The third-order valence-corrected chi connectivity index (χ3v) is 3.19. The second kappa shape index (κ2) is 5.42. The summed E-state index contributed by atoms with van der Waals surface area (Å²) in [6.45, 7) is 2.46. The Morgan fingerprint density at radius 3 is 2.89 bits per heavy atom. The van der Waals surface area contributed by atoms with Gasteiger partial charge in [0.1, 0.15) is 5.75 Å². The first-order chi connectivity index (χ1) is 8.67. The quantitative estimate of drug-likeness (QED) is 0.924. The Balaban J connectivity index is 2.55. The number of benzene rings is 1. The van der Waals surface area contributed by atoms with Gasteiger partial charge in [-0.25, -0.2) is 0 Å². The lowest BCUT2D eigenvalue weighted by Gasteiger charge is -2.09. The van der Waals surface area contributed by atoms with Crippen LogP contribution < -0.4 is 10.5 Å². The van der Waals surface area contributed by atoms with Crippen LogP contribution in [0.3, 0.4) is 0 Å². The first-order valence-electron chi connectivity index (χ1n) is 5.65. The Labute approximate surface area is 111 Å². The van der Waals surface area contributed by atoms with E-state index in [9.17, 15) is 0 Å². The summed E-state index contributed by atoms with van der Waals surface area (Å²) in [5.41, 5.74) is 8.27. The highest BCUT2D eigenvalue weighted by Gasteiger charge is 2.16. The summed E-state index contributed by atoms with van der Waals surface area (Å²) >= 11 is 6.15. The molecule has 0 spiro atoms. The third-order valence-electron chi connectivity index (χ3n) is 2.78. The maximum Gasteiger partial charge on any atom is 0.173 e. The van der Waals surface area contributed by atoms with E-state index >= 15 is 0 Å². The Hall–Kier alpha value is -1.52. The van der Waals surface area contributed by atoms with Gasteiger partial charge >= 0.3 is 0 Å². The first-order valence-corrected chi connectivity index (χ1v) is 6.03. The smallest absolute Gasteiger partial charge is 0.173 e. The standard InChI is InChI=1S/C13H15ClN2O2/c1-8-5-12(17-2)10(6-11(8)14)13-9(3-4-15)7-16-18-13/h5-7H,3-4,15H2,1-2H3. The molecule has 96 valence electrons. The summed E-state index contributed by atoms with van der Waals surface area (Å²) in [5.74, 6) is 1.38. The fraction of sp³-hybridized carbons (Fsp3) is 0.308. The van der Waals surface area contributed by atoms with Crippen molar-refractivity contribution in [3.8, 4) is 17.1 Å². The van der Waals surface area contributed by atoms with E-state index in [1.165, 1.54) is 0 Å². The Bertz CT molecular complexity index is 552. The van der Waals surface area contributed by atoms with Crippen LogP contribution >= 0.6 is 11.6 Å². The molecular weight excluding hydrogens is 252 g/mol. The Morgan fingerprint density at radius 2 is 2.22 bits per heavy atom. The van der Waals surface area contributed by atoms with Gasteiger partial charge in [-0.3, -0.25) is 0 Å². The van der Waals surface area contributed by atoms with Gasteiger partial charge in [0.25, 0.3) is 0 Å². The second-order valence-corrected chi connectivity index (χ2v) is 4.43. The number of hydrogen-bond donors (Lipinski definition) is 1. The van der Waals surface area contributed by atoms with Crippen LogP contribution in [0.2, 0.25) is 5.02 Å². The molecule has 2 N–H and O–H groups in total. The molecule has 0 unspecified atom stereocenters. The predicted octanol–water partition coefficient (Wildman–Crippen LogP) is 2.81. The topological polar surface area (TPSA) is 61.3 Å². The summed E-state index contributed by atoms with van der Waals surface area (Å²) in [6.07, 6.45) is 2.38. The molecule has 0 saturated heterocycles. The van der Waals surface area contributed by atoms with Crippen LogP contribution in [0.4, 0.5) is 0 Å². The molecule has 4 nitrogen and oxygen atoms in total. The molecule has 0 bridgehead atoms. The molecular formula is C13H15ClN2O2. The number of hydrogen-bond acceptors (Lipinski definition) is 4. The average molecular weight is 267 g/mol. The zero-order valence-electron chi connectivity index (χ0n) is 10.4. The van der Waals surface area contributed by atoms with Crippen molar-refractivity contribution < 1.29 is 9.26 Å². The zero-order valence-corrected chi connectivity index (χ0v) is 11.1. The lowest BCUT2D eigenvalue weighted by molar-refractivity contribution is 0.405. The van der Waals surface area contributed by atoms with Crippen molar-refractivity contribution in [2.75, 3.05) is 13.7 Å². The minimum Gasteiger partial charge on any atom is -0.496 e. The van der Waals surface area contributed by atoms with Crippen LogP contribution in [-0.2, 0) is 6.42 Å². The minimum atomic E-state index is 0.538. The number of aromatic nitrogens is 1. The Morgan fingerprint density at radius 1 is 1.44 bits per heavy atom. The van der Waals surface area contributed by atoms with Crippen molar-refractivity contribution in [3.05, 3.63) is 34.5 Å². The van der Waals surface area contributed by atoms with E-state index < -0.39 is 0 Å². The van der Waals surface area contributed by atoms with E-state index in [0.29, 0.717) is 29.5 Å². The molecule has 1 heterocycles. The number of nitrogens with zero attached hydrogens (tertiary/aromatic N) is 1. The zero-order chi connectivity index (χ0) is 13.1. The normalized spacial score (nSPS) is 10.7. The number of rotatable bonds is 4. The van der Waals surface area contributed by atoms with E-state index in [1.807, 2.05) is 19.1 Å². The molecule has 2 aromatic rings. The van der Waals surface area contributed by atoms with E-state index in [4.69, 9.17) is 26.6 Å². The summed E-state index contributed by atoms with van der Waals surface area (Å²) in [7, 11) is 1.62. The SMILES string of the molecule is COc1cc(C)c(Cl)cc1-c1oncc1CCN. The monoisotopic (exact) mass is 266 g/mol. The highest BCUT2D eigenvalue weighted by Crippen LogP contribution is 2.36. The highest BCUT2D eigenvalue weighted by atomic mass is 35.5. The summed E-state index contributed by atoms with van der Waals surface area (Å²) in [4.78, 5) is 0. The first kappa shape index (κ1) is 12.9. The van der Waals surface area contributed by atoms with Crippen LogP contribution in [0.5, 0.6) is 5.75 Å². The van der Waals surface area contributed by atoms with Crippen molar-refractivity contribution in [1.29, 1.82) is 0 Å². The van der Waals surface area contributed by atoms with Gasteiger partial charge in [-0.1, -0.05) is 16.8 Å². The van der Waals surface area contributed by atoms with E-state index in [1.54, 1.807) is 13.3 Å². The van der Waals surface area contributed by atoms with Gasteiger partial charge in [-0.2, -0.15) is 0 Å². The number of nitrogens with two attached hydrogens (primary N) is 1. The van der Waals surface area contributed by atoms with Gasteiger partial charge in [0.15, 0.2) is 5.76 Å². The second-order valence-electron chi connectivity index (χ2n) is 4.02. The van der Waals surface area contributed by atoms with Crippen LogP contribution in [0.15, 0.2) is 22.9 Å². The Kier molecular flexibility index (Phi) is 3.89. The van der Waals surface area contributed by atoms with Crippen LogP contribution in [0.1, 0.15) is 11.1 Å². The van der Waals surface area contributed by atoms with Gasteiger partial charge in [0, 0.05) is 10.6 Å². The molecule has 0 amide bonds. The van der Waals surface area contributed by atoms with E-state index in [-0.39, 0.29) is 0 Å². The van der Waals surface area contributed by atoms with Crippen molar-refractivity contribution in [2.45, 2.75) is 13.3 Å². The molecule has 18 heavy (non-hydrogen) atoms. The third kappa shape index (κ3) is 2.35. The molecule has 0 aliphatic rings. The van der Waals surface area contributed by atoms with Crippen molar-refractivity contribution in [1.82, 2.24) is 5.16 Å². The molecule has 0 saturated carbocycles. The fourth-order valence-corrected chi connectivity index (χ4v) is 1.98. The minimum absolute atomic E-state index is 0.538. The van der Waals surface area contributed by atoms with Gasteiger partial charge in [0.05, 0.1) is 18.9 Å². The maximum absolute atomic E-state index is 6.15. The molecule has 0 atom stereocenters. The highest BCUT2D eigenvalue weighted by molar-refractivity contribution is 6.31. The number of halogens is 1. The summed E-state index contributed by atoms with van der Waals surface area (Å²) < 4.78 is 10.7. The molecule has 0 aliphatic heterocycles. The summed E-state index contributed by atoms with van der Waals surface area (Å²) in [6, 6.07) is 3.71. The summed E-state index contributed by atoms with van der Waals surface area (Å²) in [5, 5.41) is 4.48. The van der Waals surface area contributed by atoms with Crippen LogP contribution in [0, 0.1) is 6.92 Å². The van der Waals surface area contributed by atoms with Gasteiger partial charge in [-0.05, 0) is 37.6 Å². The molecule has 1 aromatic carbocycles. The average Bonchev–Trinajstić information content (AvgIpc) is 2.80. The number of ether oxygens (including phenoxy) is 1. The molecule has 0 fully saturated rings. The fourth-order valence-electron chi connectivity index (χ4n) is 1.82. The van der Waals surface area contributed by atoms with E-state index in [0.717, 1.165) is 16.7 Å². The van der Waals surface area contributed by atoms with Crippen molar-refractivity contribution in [2.24, 2.45) is 5.73 Å².